The van der Waals surface area contributed by atoms with E-state index >= 15 is 0 Å². The fourth-order valence-electron chi connectivity index (χ4n) is 4.90. The molecule has 3 aromatic rings. The summed E-state index contributed by atoms with van der Waals surface area (Å²) >= 11 is 0. The van der Waals surface area contributed by atoms with Crippen LogP contribution in [0.5, 0.6) is 0 Å². The monoisotopic (exact) mass is 479 g/mol. The van der Waals surface area contributed by atoms with Gasteiger partial charge in [0.05, 0.1) is 0 Å². The molecule has 0 aliphatic heterocycles. The first-order valence-electron chi connectivity index (χ1n) is 12.7. The molecule has 3 N–H and O–H groups in total. The van der Waals surface area contributed by atoms with Crippen molar-refractivity contribution >= 4 is 13.2 Å². The molecule has 0 saturated carbocycles. The van der Waals surface area contributed by atoms with E-state index in [9.17, 15) is 14.7 Å². The van der Waals surface area contributed by atoms with Crippen LogP contribution in [0.25, 0.3) is 22.3 Å². The Morgan fingerprint density at radius 1 is 0.588 bits per heavy atom. The summed E-state index contributed by atoms with van der Waals surface area (Å²) in [6, 6.07) is 18.1. The molecule has 3 aromatic carbocycles. The van der Waals surface area contributed by atoms with E-state index in [1.54, 1.807) is 6.07 Å². The van der Waals surface area contributed by atoms with E-state index in [1.165, 1.54) is 42.4 Å². The molecule has 182 valence electrons. The summed E-state index contributed by atoms with van der Waals surface area (Å²) in [6.45, 7) is 8.68. The molecule has 0 bridgehead atoms. The summed E-state index contributed by atoms with van der Waals surface area (Å²) in [6.07, 6.45) is 9.08. The van der Waals surface area contributed by atoms with Crippen LogP contribution in [-0.2, 0) is 12.8 Å². The van der Waals surface area contributed by atoms with Gasteiger partial charge in [-0.25, -0.2) is 0 Å². The van der Waals surface area contributed by atoms with E-state index in [0.29, 0.717) is 0 Å². The molecule has 0 fully saturated rings. The second kappa shape index (κ2) is 12.1. The zero-order valence-electron chi connectivity index (χ0n) is 21.1. The van der Waals surface area contributed by atoms with Gasteiger partial charge in [0.1, 0.15) is 0 Å². The topological polar surface area (TPSA) is 60.7 Å². The van der Waals surface area contributed by atoms with Crippen LogP contribution in [0.3, 0.4) is 0 Å². The van der Waals surface area contributed by atoms with Crippen molar-refractivity contribution < 1.29 is 14.7 Å². The Hall–Kier alpha value is -2.03. The van der Waals surface area contributed by atoms with Crippen LogP contribution in [-0.4, -0.2) is 14.7 Å². The van der Waals surface area contributed by atoms with Gasteiger partial charge < -0.3 is 0 Å². The van der Waals surface area contributed by atoms with Gasteiger partial charge in [-0.05, 0) is 84.5 Å². The van der Waals surface area contributed by atoms with E-state index in [2.05, 4.69) is 52.0 Å². The second-order valence-corrected chi connectivity index (χ2v) is 11.0. The Morgan fingerprint density at radius 2 is 1.06 bits per heavy atom. The van der Waals surface area contributed by atoms with Crippen molar-refractivity contribution in [3.05, 3.63) is 76.9 Å². The first-order chi connectivity index (χ1) is 16.3. The molecule has 0 unspecified atom stereocenters. The molecule has 0 spiro atoms. The van der Waals surface area contributed by atoms with Gasteiger partial charge in [-0.3, -0.25) is 0 Å². The average Bonchev–Trinajstić information content (AvgIpc) is 2.81. The Balaban J connectivity index is 2.20. The maximum atomic E-state index is 10.4. The first-order valence-corrected chi connectivity index (χ1v) is 14.3. The molecule has 34 heavy (non-hydrogen) atoms. The second-order valence-electron chi connectivity index (χ2n) is 9.36. The zero-order chi connectivity index (χ0) is 24.7. The van der Waals surface area contributed by atoms with Crippen molar-refractivity contribution in [2.24, 2.45) is 0 Å². The Kier molecular flexibility index (Phi) is 9.45. The molecule has 0 radical (unpaired) electrons. The molecule has 3 nitrogen and oxygen atoms in total. The van der Waals surface area contributed by atoms with E-state index < -0.39 is 7.94 Å². The largest absolute Gasteiger partial charge is 0.441 e. The molecule has 0 heterocycles. The smallest absolute Gasteiger partial charge is 0.189 e. The van der Waals surface area contributed by atoms with Gasteiger partial charge in [-0.2, -0.15) is 14.7 Å². The third-order valence-electron chi connectivity index (χ3n) is 6.92. The minimum absolute atomic E-state index is 0.217. The molecule has 0 saturated heterocycles. The van der Waals surface area contributed by atoms with E-state index in [-0.39, 0.29) is 5.30 Å². The van der Waals surface area contributed by atoms with Crippen molar-refractivity contribution in [1.82, 2.24) is 0 Å². The Labute approximate surface area is 206 Å². The molecular weight excluding hydrogens is 439 g/mol. The number of unbranched alkanes of at least 4 members (excludes halogenated alkanes) is 4. The summed E-state index contributed by atoms with van der Waals surface area (Å²) in [7, 11) is -4.23. The van der Waals surface area contributed by atoms with Gasteiger partial charge in [0.25, 0.3) is 0 Å². The highest BCUT2D eigenvalue weighted by molar-refractivity contribution is 7.67. The number of rotatable bonds is 11. The number of benzene rings is 3. The molecule has 0 amide bonds. The number of hydrogen-bond acceptors (Lipinski definition) is 3. The number of hydrogen-bond donors (Lipinski definition) is 3. The minimum atomic E-state index is -4.23. The highest BCUT2D eigenvalue weighted by atomic mass is 31.2. The van der Waals surface area contributed by atoms with Crippen LogP contribution in [0.4, 0.5) is 0 Å². The molecule has 0 aliphatic rings. The lowest BCUT2D eigenvalue weighted by Crippen LogP contribution is -2.15. The van der Waals surface area contributed by atoms with Crippen molar-refractivity contribution in [2.45, 2.75) is 79.1 Å². The standard InChI is InChI=1S/C30H40O3P/c1-5-7-9-14-24-16-11-18-26(22(24)3)28-20-13-21-29(34(31,32)33)30(28)27-19-12-17-25(23(27)4)15-10-8-6-2/h11-13,16-21,31-33H,5-10,14-15H2,1-4H3/q+1. The van der Waals surface area contributed by atoms with Crippen molar-refractivity contribution in [2.75, 3.05) is 0 Å². The van der Waals surface area contributed by atoms with Crippen LogP contribution < -0.4 is 5.30 Å². The van der Waals surface area contributed by atoms with Gasteiger partial charge in [0.2, 0.25) is 0 Å². The third-order valence-corrected chi connectivity index (χ3v) is 7.94. The van der Waals surface area contributed by atoms with E-state index in [4.69, 9.17) is 0 Å². The fraction of sp³-hybridized carbons (Fsp3) is 0.400. The van der Waals surface area contributed by atoms with Gasteiger partial charge in [-0.15, -0.1) is 0 Å². The minimum Gasteiger partial charge on any atom is -0.189 e. The Morgan fingerprint density at radius 3 is 1.59 bits per heavy atom. The lowest BCUT2D eigenvalue weighted by atomic mass is 9.86. The van der Waals surface area contributed by atoms with Crippen LogP contribution in [0, 0.1) is 13.8 Å². The van der Waals surface area contributed by atoms with Crippen molar-refractivity contribution in [1.29, 1.82) is 0 Å². The van der Waals surface area contributed by atoms with Gasteiger partial charge in [0.15, 0.2) is 5.30 Å². The molecular formula is C30H40O3P+. The number of aryl methyl sites for hydroxylation is 2. The van der Waals surface area contributed by atoms with Gasteiger partial charge in [-0.1, -0.05) is 88.1 Å². The molecule has 0 aliphatic carbocycles. The quantitative estimate of drug-likeness (QED) is 0.197. The Bertz CT molecular complexity index is 1100. The predicted octanol–water partition coefficient (Wildman–Crippen LogP) is 7.47. The molecule has 0 atom stereocenters. The summed E-state index contributed by atoms with van der Waals surface area (Å²) < 4.78 is 0. The van der Waals surface area contributed by atoms with Crippen LogP contribution in [0.2, 0.25) is 0 Å². The summed E-state index contributed by atoms with van der Waals surface area (Å²) in [5.74, 6) is 0. The van der Waals surface area contributed by atoms with Gasteiger partial charge >= 0.3 is 7.94 Å². The molecule has 4 heteroatoms. The predicted molar refractivity (Wildman–Crippen MR) is 146 cm³/mol. The van der Waals surface area contributed by atoms with Crippen molar-refractivity contribution in [3.8, 4) is 22.3 Å². The summed E-state index contributed by atoms with van der Waals surface area (Å²) in [5.41, 5.74) is 8.64. The maximum Gasteiger partial charge on any atom is 0.441 e. The summed E-state index contributed by atoms with van der Waals surface area (Å²) in [5, 5.41) is 0.217. The molecule has 0 aromatic heterocycles. The van der Waals surface area contributed by atoms with Crippen molar-refractivity contribution in [3.63, 3.8) is 0 Å². The van der Waals surface area contributed by atoms with E-state index in [0.717, 1.165) is 53.5 Å². The van der Waals surface area contributed by atoms with Gasteiger partial charge in [0, 0.05) is 5.56 Å². The molecule has 3 rings (SSSR count). The average molecular weight is 480 g/mol. The maximum absolute atomic E-state index is 10.4. The highest BCUT2D eigenvalue weighted by Gasteiger charge is 2.39. The SMILES string of the molecule is CCCCCc1cccc(-c2cccc([P+](O)(O)O)c2-c2cccc(CCCCC)c2C)c1C. The van der Waals surface area contributed by atoms with Crippen LogP contribution >= 0.6 is 7.94 Å². The normalized spacial score (nSPS) is 11.7. The van der Waals surface area contributed by atoms with Crippen LogP contribution in [0.15, 0.2) is 54.6 Å². The summed E-state index contributed by atoms with van der Waals surface area (Å²) in [4.78, 5) is 31.3. The first kappa shape index (κ1) is 26.6. The zero-order valence-corrected chi connectivity index (χ0v) is 22.0. The highest BCUT2D eigenvalue weighted by Crippen LogP contribution is 2.49. The lowest BCUT2D eigenvalue weighted by molar-refractivity contribution is 0.347. The van der Waals surface area contributed by atoms with E-state index in [1.807, 2.05) is 24.3 Å². The fourth-order valence-corrected chi connectivity index (χ4v) is 5.73. The third kappa shape index (κ3) is 6.15. The lowest BCUT2D eigenvalue weighted by Gasteiger charge is -2.20. The van der Waals surface area contributed by atoms with Crippen LogP contribution in [0.1, 0.15) is 74.6 Å².